The Kier molecular flexibility index (Phi) is 2.86. The van der Waals surface area contributed by atoms with Gasteiger partial charge < -0.3 is 4.74 Å². The largest absolute Gasteiger partial charge is 0.481 e. The first-order chi connectivity index (χ1) is 7.70. The molecular formula is C13H12FNO. The summed E-state index contributed by atoms with van der Waals surface area (Å²) in [5.74, 6) is 0.270. The molecule has 0 aliphatic heterocycles. The molecule has 0 saturated heterocycles. The minimum Gasteiger partial charge on any atom is -0.481 e. The number of hydrogen-bond acceptors (Lipinski definition) is 2. The standard InChI is InChI=1S/C13H12FNO/c1-9-6-7-10(14)8-11(9)12-4-3-5-13(15-12)16-2/h3-8H,1-2H3. The SMILES string of the molecule is COc1cccc(-c2cc(F)ccc2C)n1. The predicted octanol–water partition coefficient (Wildman–Crippen LogP) is 3.20. The maximum atomic E-state index is 13.2. The first kappa shape index (κ1) is 10.6. The van der Waals surface area contributed by atoms with Gasteiger partial charge in [0.2, 0.25) is 5.88 Å². The van der Waals surface area contributed by atoms with Crippen LogP contribution in [0.25, 0.3) is 11.3 Å². The zero-order valence-corrected chi connectivity index (χ0v) is 9.20. The fourth-order valence-electron chi connectivity index (χ4n) is 1.55. The second kappa shape index (κ2) is 4.31. The van der Waals surface area contributed by atoms with Gasteiger partial charge in [-0.25, -0.2) is 9.37 Å². The number of ether oxygens (including phenoxy) is 1. The Morgan fingerprint density at radius 2 is 2.00 bits per heavy atom. The summed E-state index contributed by atoms with van der Waals surface area (Å²) < 4.78 is 18.2. The Balaban J connectivity index is 2.53. The maximum absolute atomic E-state index is 13.2. The van der Waals surface area contributed by atoms with Crippen LogP contribution in [-0.4, -0.2) is 12.1 Å². The first-order valence-corrected chi connectivity index (χ1v) is 4.98. The molecule has 1 aromatic carbocycles. The van der Waals surface area contributed by atoms with Gasteiger partial charge in [-0.2, -0.15) is 0 Å². The van der Waals surface area contributed by atoms with E-state index in [4.69, 9.17) is 4.74 Å². The van der Waals surface area contributed by atoms with E-state index >= 15 is 0 Å². The predicted molar refractivity (Wildman–Crippen MR) is 60.9 cm³/mol. The van der Waals surface area contributed by atoms with Gasteiger partial charge in [0, 0.05) is 11.6 Å². The molecule has 0 radical (unpaired) electrons. The summed E-state index contributed by atoms with van der Waals surface area (Å²) in [6.45, 7) is 1.93. The van der Waals surface area contributed by atoms with Gasteiger partial charge >= 0.3 is 0 Å². The molecule has 0 saturated carbocycles. The smallest absolute Gasteiger partial charge is 0.213 e. The van der Waals surface area contributed by atoms with E-state index < -0.39 is 0 Å². The number of benzene rings is 1. The highest BCUT2D eigenvalue weighted by atomic mass is 19.1. The third kappa shape index (κ3) is 2.03. The van der Waals surface area contributed by atoms with E-state index in [-0.39, 0.29) is 5.82 Å². The van der Waals surface area contributed by atoms with Crippen LogP contribution in [0.5, 0.6) is 5.88 Å². The third-order valence-corrected chi connectivity index (χ3v) is 2.41. The minimum atomic E-state index is -0.259. The van der Waals surface area contributed by atoms with E-state index in [2.05, 4.69) is 4.98 Å². The molecule has 82 valence electrons. The molecule has 0 bridgehead atoms. The van der Waals surface area contributed by atoms with Gasteiger partial charge in [-0.05, 0) is 30.7 Å². The van der Waals surface area contributed by atoms with Crippen LogP contribution in [0.15, 0.2) is 36.4 Å². The Morgan fingerprint density at radius 3 is 2.75 bits per heavy atom. The van der Waals surface area contributed by atoms with Gasteiger partial charge in [-0.3, -0.25) is 0 Å². The lowest BCUT2D eigenvalue weighted by Crippen LogP contribution is -1.92. The van der Waals surface area contributed by atoms with Gasteiger partial charge in [0.15, 0.2) is 0 Å². The van der Waals surface area contributed by atoms with Gasteiger partial charge in [0.1, 0.15) is 5.82 Å². The number of pyridine rings is 1. The van der Waals surface area contributed by atoms with Crippen molar-refractivity contribution in [3.63, 3.8) is 0 Å². The average molecular weight is 217 g/mol. The van der Waals surface area contributed by atoms with E-state index in [1.807, 2.05) is 19.1 Å². The van der Waals surface area contributed by atoms with Crippen LogP contribution < -0.4 is 4.74 Å². The van der Waals surface area contributed by atoms with Crippen LogP contribution in [0.1, 0.15) is 5.56 Å². The second-order valence-electron chi connectivity index (χ2n) is 3.52. The van der Waals surface area contributed by atoms with Crippen LogP contribution >= 0.6 is 0 Å². The Hall–Kier alpha value is -1.90. The highest BCUT2D eigenvalue weighted by molar-refractivity contribution is 5.63. The first-order valence-electron chi connectivity index (χ1n) is 4.98. The molecule has 0 aliphatic carbocycles. The number of aromatic nitrogens is 1. The molecular weight excluding hydrogens is 205 g/mol. The quantitative estimate of drug-likeness (QED) is 0.770. The van der Waals surface area contributed by atoms with E-state index in [0.717, 1.165) is 16.8 Å². The minimum absolute atomic E-state index is 0.259. The zero-order valence-electron chi connectivity index (χ0n) is 9.20. The molecule has 0 unspecified atom stereocenters. The van der Waals surface area contributed by atoms with Gasteiger partial charge in [0.25, 0.3) is 0 Å². The molecule has 2 rings (SSSR count). The number of rotatable bonds is 2. The van der Waals surface area contributed by atoms with Crippen LogP contribution in [-0.2, 0) is 0 Å². The summed E-state index contributed by atoms with van der Waals surface area (Å²) >= 11 is 0. The summed E-state index contributed by atoms with van der Waals surface area (Å²) in [7, 11) is 1.56. The second-order valence-corrected chi connectivity index (χ2v) is 3.52. The van der Waals surface area contributed by atoms with Crippen molar-refractivity contribution in [2.45, 2.75) is 6.92 Å². The summed E-state index contributed by atoms with van der Waals surface area (Å²) in [6, 6.07) is 10.1. The van der Waals surface area contributed by atoms with E-state index in [1.165, 1.54) is 12.1 Å². The van der Waals surface area contributed by atoms with Crippen molar-refractivity contribution in [3.8, 4) is 17.1 Å². The molecule has 1 heterocycles. The van der Waals surface area contributed by atoms with Gasteiger partial charge in [0.05, 0.1) is 12.8 Å². The highest BCUT2D eigenvalue weighted by Gasteiger charge is 2.05. The molecule has 0 fully saturated rings. The van der Waals surface area contributed by atoms with Crippen molar-refractivity contribution in [1.82, 2.24) is 4.98 Å². The molecule has 0 atom stereocenters. The normalized spacial score (nSPS) is 10.2. The molecule has 2 nitrogen and oxygen atoms in total. The molecule has 0 N–H and O–H groups in total. The van der Waals surface area contributed by atoms with Gasteiger partial charge in [-0.1, -0.05) is 12.1 Å². The van der Waals surface area contributed by atoms with Crippen molar-refractivity contribution >= 4 is 0 Å². The number of nitrogens with zero attached hydrogens (tertiary/aromatic N) is 1. The number of halogens is 1. The fraction of sp³-hybridized carbons (Fsp3) is 0.154. The van der Waals surface area contributed by atoms with Crippen LogP contribution in [0, 0.1) is 12.7 Å². The summed E-state index contributed by atoms with van der Waals surface area (Å²) in [5.41, 5.74) is 2.50. The third-order valence-electron chi connectivity index (χ3n) is 2.41. The lowest BCUT2D eigenvalue weighted by atomic mass is 10.1. The molecule has 0 spiro atoms. The van der Waals surface area contributed by atoms with Gasteiger partial charge in [-0.15, -0.1) is 0 Å². The van der Waals surface area contributed by atoms with E-state index in [0.29, 0.717) is 5.88 Å². The van der Waals surface area contributed by atoms with Crippen LogP contribution in [0.4, 0.5) is 4.39 Å². The lowest BCUT2D eigenvalue weighted by Gasteiger charge is -2.06. The fourth-order valence-corrected chi connectivity index (χ4v) is 1.55. The molecule has 16 heavy (non-hydrogen) atoms. The lowest BCUT2D eigenvalue weighted by molar-refractivity contribution is 0.398. The van der Waals surface area contributed by atoms with Crippen LogP contribution in [0.2, 0.25) is 0 Å². The summed E-state index contributed by atoms with van der Waals surface area (Å²) in [4.78, 5) is 4.27. The monoisotopic (exact) mass is 217 g/mol. The number of hydrogen-bond donors (Lipinski definition) is 0. The van der Waals surface area contributed by atoms with E-state index in [1.54, 1.807) is 19.2 Å². The number of aryl methyl sites for hydroxylation is 1. The van der Waals surface area contributed by atoms with Crippen LogP contribution in [0.3, 0.4) is 0 Å². The molecule has 0 amide bonds. The zero-order chi connectivity index (χ0) is 11.5. The molecule has 1 aromatic heterocycles. The molecule has 2 aromatic rings. The topological polar surface area (TPSA) is 22.1 Å². The van der Waals surface area contributed by atoms with Crippen molar-refractivity contribution in [3.05, 3.63) is 47.8 Å². The van der Waals surface area contributed by atoms with Crippen molar-refractivity contribution in [2.24, 2.45) is 0 Å². The average Bonchev–Trinajstić information content (AvgIpc) is 2.32. The number of methoxy groups -OCH3 is 1. The molecule has 0 aliphatic rings. The summed E-state index contributed by atoms with van der Waals surface area (Å²) in [5, 5.41) is 0. The Morgan fingerprint density at radius 1 is 1.19 bits per heavy atom. The Labute approximate surface area is 93.7 Å². The maximum Gasteiger partial charge on any atom is 0.213 e. The van der Waals surface area contributed by atoms with Crippen molar-refractivity contribution in [1.29, 1.82) is 0 Å². The Bertz CT molecular complexity index is 511. The van der Waals surface area contributed by atoms with Crippen molar-refractivity contribution < 1.29 is 9.13 Å². The summed E-state index contributed by atoms with van der Waals surface area (Å²) in [6.07, 6.45) is 0. The highest BCUT2D eigenvalue weighted by Crippen LogP contribution is 2.23. The van der Waals surface area contributed by atoms with Crippen molar-refractivity contribution in [2.75, 3.05) is 7.11 Å². The van der Waals surface area contributed by atoms with E-state index in [9.17, 15) is 4.39 Å². The molecule has 3 heteroatoms.